The molecule has 140 valence electrons. The van der Waals surface area contributed by atoms with Crippen molar-refractivity contribution in [1.82, 2.24) is 14.7 Å². The molecule has 1 unspecified atom stereocenters. The molecule has 5 heteroatoms. The van der Waals surface area contributed by atoms with Crippen LogP contribution in [0.2, 0.25) is 0 Å². The van der Waals surface area contributed by atoms with Crippen LogP contribution < -0.4 is 0 Å². The highest BCUT2D eigenvalue weighted by atomic mass is 16.2. The van der Waals surface area contributed by atoms with Crippen LogP contribution in [-0.4, -0.2) is 65.9 Å². The van der Waals surface area contributed by atoms with Gasteiger partial charge >= 0.3 is 6.03 Å². The molecule has 3 aliphatic heterocycles. The van der Waals surface area contributed by atoms with Gasteiger partial charge in [0.05, 0.1) is 0 Å². The third kappa shape index (κ3) is 3.57. The van der Waals surface area contributed by atoms with Crippen molar-refractivity contribution in [2.24, 2.45) is 5.92 Å². The van der Waals surface area contributed by atoms with E-state index in [0.29, 0.717) is 11.8 Å². The van der Waals surface area contributed by atoms with Crippen LogP contribution >= 0.6 is 0 Å². The smallest absolute Gasteiger partial charge is 0.319 e. The zero-order chi connectivity index (χ0) is 17.9. The maximum atomic E-state index is 12.9. The van der Waals surface area contributed by atoms with Gasteiger partial charge in [0, 0.05) is 51.1 Å². The zero-order valence-corrected chi connectivity index (χ0v) is 15.5. The fourth-order valence-electron chi connectivity index (χ4n) is 4.64. The number of amides is 3. The van der Waals surface area contributed by atoms with E-state index in [1.54, 1.807) is 0 Å². The molecule has 0 spiro atoms. The van der Waals surface area contributed by atoms with Gasteiger partial charge in [-0.3, -0.25) is 4.79 Å². The second kappa shape index (κ2) is 7.68. The first-order valence-corrected chi connectivity index (χ1v) is 10.1. The third-order valence-electron chi connectivity index (χ3n) is 6.26. The lowest BCUT2D eigenvalue weighted by atomic mass is 9.95. The minimum Gasteiger partial charge on any atom is -0.342 e. The first-order chi connectivity index (χ1) is 12.7. The summed E-state index contributed by atoms with van der Waals surface area (Å²) in [6.07, 6.45) is 4.92. The molecule has 0 aliphatic carbocycles. The van der Waals surface area contributed by atoms with E-state index < -0.39 is 0 Å². The van der Waals surface area contributed by atoms with Crippen LogP contribution in [0.1, 0.15) is 43.6 Å². The number of nitrogens with zero attached hydrogens (tertiary/aromatic N) is 3. The summed E-state index contributed by atoms with van der Waals surface area (Å²) in [7, 11) is 0. The summed E-state index contributed by atoms with van der Waals surface area (Å²) in [5, 5.41) is 0. The van der Waals surface area contributed by atoms with Gasteiger partial charge in [-0.05, 0) is 37.7 Å². The van der Waals surface area contributed by atoms with E-state index in [9.17, 15) is 9.59 Å². The molecule has 3 saturated heterocycles. The first-order valence-electron chi connectivity index (χ1n) is 10.1. The number of hydrogen-bond acceptors (Lipinski definition) is 2. The summed E-state index contributed by atoms with van der Waals surface area (Å²) in [5.41, 5.74) is 1.34. The minimum absolute atomic E-state index is 0.0900. The van der Waals surface area contributed by atoms with E-state index in [4.69, 9.17) is 0 Å². The summed E-state index contributed by atoms with van der Waals surface area (Å²) in [4.78, 5) is 31.4. The number of rotatable bonds is 2. The summed E-state index contributed by atoms with van der Waals surface area (Å²) < 4.78 is 0. The first kappa shape index (κ1) is 17.4. The molecule has 26 heavy (non-hydrogen) atoms. The number of piperidine rings is 1. The van der Waals surface area contributed by atoms with Gasteiger partial charge in [-0.2, -0.15) is 0 Å². The van der Waals surface area contributed by atoms with Crippen LogP contribution in [0.25, 0.3) is 0 Å². The van der Waals surface area contributed by atoms with Crippen molar-refractivity contribution < 1.29 is 9.59 Å². The van der Waals surface area contributed by atoms with Crippen molar-refractivity contribution in [2.45, 2.75) is 38.0 Å². The van der Waals surface area contributed by atoms with Crippen LogP contribution in [0.15, 0.2) is 30.3 Å². The molecular formula is C21H29N3O2. The van der Waals surface area contributed by atoms with Crippen LogP contribution in [0.4, 0.5) is 4.79 Å². The van der Waals surface area contributed by atoms with Gasteiger partial charge in [0.15, 0.2) is 0 Å². The lowest BCUT2D eigenvalue weighted by molar-refractivity contribution is -0.135. The second-order valence-corrected chi connectivity index (χ2v) is 7.92. The molecule has 5 nitrogen and oxygen atoms in total. The van der Waals surface area contributed by atoms with Gasteiger partial charge < -0.3 is 14.7 Å². The van der Waals surface area contributed by atoms with Gasteiger partial charge in [0.1, 0.15) is 0 Å². The van der Waals surface area contributed by atoms with Gasteiger partial charge in [-0.15, -0.1) is 0 Å². The molecule has 3 aliphatic rings. The standard InChI is InChI=1S/C21H29N3O2/c25-20(24-15-10-19(16-24)17-6-2-1-3-7-17)18-8-13-23(14-9-18)21(26)22-11-4-5-12-22/h1-3,6-7,18-19H,4-5,8-16H2. The van der Waals surface area contributed by atoms with Crippen molar-refractivity contribution in [3.63, 3.8) is 0 Å². The Labute approximate surface area is 155 Å². The number of likely N-dealkylation sites (tertiary alicyclic amines) is 3. The molecule has 0 bridgehead atoms. The highest BCUT2D eigenvalue weighted by molar-refractivity contribution is 5.80. The van der Waals surface area contributed by atoms with E-state index in [2.05, 4.69) is 29.2 Å². The van der Waals surface area contributed by atoms with Crippen molar-refractivity contribution in [3.05, 3.63) is 35.9 Å². The quantitative estimate of drug-likeness (QED) is 0.819. The van der Waals surface area contributed by atoms with Gasteiger partial charge in [-0.25, -0.2) is 4.79 Å². The lowest BCUT2D eigenvalue weighted by Crippen LogP contribution is -2.48. The average Bonchev–Trinajstić information content (AvgIpc) is 3.40. The number of urea groups is 1. The van der Waals surface area contributed by atoms with Gasteiger partial charge in [0.2, 0.25) is 5.91 Å². The largest absolute Gasteiger partial charge is 0.342 e. The van der Waals surface area contributed by atoms with E-state index in [1.807, 2.05) is 15.9 Å². The molecular weight excluding hydrogens is 326 g/mol. The Kier molecular flexibility index (Phi) is 5.14. The van der Waals surface area contributed by atoms with Gasteiger partial charge in [0.25, 0.3) is 0 Å². The Morgan fingerprint density at radius 2 is 1.38 bits per heavy atom. The number of carbonyl (C=O) groups is 2. The Balaban J connectivity index is 1.28. The van der Waals surface area contributed by atoms with Crippen LogP contribution in [-0.2, 0) is 4.79 Å². The molecule has 1 aromatic rings. The maximum Gasteiger partial charge on any atom is 0.319 e. The summed E-state index contributed by atoms with van der Waals surface area (Å²) in [5.74, 6) is 0.862. The molecule has 4 rings (SSSR count). The molecule has 1 atom stereocenters. The highest BCUT2D eigenvalue weighted by Crippen LogP contribution is 2.30. The molecule has 3 fully saturated rings. The summed E-state index contributed by atoms with van der Waals surface area (Å²) in [6.45, 7) is 4.95. The monoisotopic (exact) mass is 355 g/mol. The fraction of sp³-hybridized carbons (Fsp3) is 0.619. The molecule has 0 saturated carbocycles. The van der Waals surface area contributed by atoms with Crippen LogP contribution in [0.5, 0.6) is 0 Å². The van der Waals surface area contributed by atoms with E-state index in [-0.39, 0.29) is 11.9 Å². The Hall–Kier alpha value is -2.04. The van der Waals surface area contributed by atoms with E-state index in [1.165, 1.54) is 5.56 Å². The molecule has 0 N–H and O–H groups in total. The van der Waals surface area contributed by atoms with Crippen LogP contribution in [0.3, 0.4) is 0 Å². The van der Waals surface area contributed by atoms with E-state index >= 15 is 0 Å². The second-order valence-electron chi connectivity index (χ2n) is 7.92. The molecule has 3 heterocycles. The normalized spacial score (nSPS) is 24.3. The minimum atomic E-state index is 0.0900. The Morgan fingerprint density at radius 1 is 0.769 bits per heavy atom. The molecule has 0 radical (unpaired) electrons. The van der Waals surface area contributed by atoms with Crippen molar-refractivity contribution in [2.75, 3.05) is 39.3 Å². The number of benzene rings is 1. The molecule has 3 amide bonds. The maximum absolute atomic E-state index is 12.9. The summed E-state index contributed by atoms with van der Waals surface area (Å²) in [6, 6.07) is 10.7. The third-order valence-corrected chi connectivity index (χ3v) is 6.26. The number of carbonyl (C=O) groups excluding carboxylic acids is 2. The van der Waals surface area contributed by atoms with Gasteiger partial charge in [-0.1, -0.05) is 30.3 Å². The average molecular weight is 355 g/mol. The van der Waals surface area contributed by atoms with Crippen LogP contribution in [0, 0.1) is 5.92 Å². The van der Waals surface area contributed by atoms with Crippen molar-refractivity contribution >= 4 is 11.9 Å². The highest BCUT2D eigenvalue weighted by Gasteiger charge is 2.35. The number of hydrogen-bond donors (Lipinski definition) is 0. The predicted octanol–water partition coefficient (Wildman–Crippen LogP) is 2.93. The summed E-state index contributed by atoms with van der Waals surface area (Å²) >= 11 is 0. The molecule has 1 aromatic carbocycles. The van der Waals surface area contributed by atoms with Crippen molar-refractivity contribution in [3.8, 4) is 0 Å². The Bertz CT molecular complexity index is 634. The van der Waals surface area contributed by atoms with E-state index in [0.717, 1.165) is 71.4 Å². The topological polar surface area (TPSA) is 43.9 Å². The lowest BCUT2D eigenvalue weighted by Gasteiger charge is -2.35. The SMILES string of the molecule is O=C(C1CCN(C(=O)N2CCCC2)CC1)N1CCC(c2ccccc2)C1. The Morgan fingerprint density at radius 3 is 2.08 bits per heavy atom. The fourth-order valence-corrected chi connectivity index (χ4v) is 4.64. The molecule has 0 aromatic heterocycles. The van der Waals surface area contributed by atoms with Crippen molar-refractivity contribution in [1.29, 1.82) is 0 Å². The predicted molar refractivity (Wildman–Crippen MR) is 101 cm³/mol. The zero-order valence-electron chi connectivity index (χ0n) is 15.5.